The number of carbonyl (C=O) groups excluding carboxylic acids is 1. The van der Waals surface area contributed by atoms with E-state index in [0.717, 1.165) is 0 Å². The summed E-state index contributed by atoms with van der Waals surface area (Å²) in [7, 11) is 0. The predicted octanol–water partition coefficient (Wildman–Crippen LogP) is 0.904. The van der Waals surface area contributed by atoms with E-state index in [1.807, 2.05) is 0 Å². The van der Waals surface area contributed by atoms with Crippen LogP contribution >= 0.6 is 15.9 Å². The van der Waals surface area contributed by atoms with Crippen LogP contribution < -0.4 is 5.32 Å². The number of hydrogen-bond donors (Lipinski definition) is 3. The third kappa shape index (κ3) is 2.88. The van der Waals surface area contributed by atoms with Gasteiger partial charge in [-0.3, -0.25) is 4.79 Å². The molecular weight excluding hydrogens is 290 g/mol. The summed E-state index contributed by atoms with van der Waals surface area (Å²) in [6, 6.07) is 3.11. The molecule has 1 fully saturated rings. The van der Waals surface area contributed by atoms with Gasteiger partial charge in [0, 0.05) is 18.6 Å². The fraction of sp³-hybridized carbons (Fsp3) is 0.545. The molecule has 3 atom stereocenters. The molecule has 6 heteroatoms. The van der Waals surface area contributed by atoms with E-state index in [2.05, 4.69) is 21.2 Å². The van der Waals surface area contributed by atoms with Crippen molar-refractivity contribution in [3.05, 3.63) is 22.6 Å². The zero-order valence-corrected chi connectivity index (χ0v) is 10.7. The lowest BCUT2D eigenvalue weighted by molar-refractivity contribution is 0.0894. The zero-order chi connectivity index (χ0) is 12.4. The van der Waals surface area contributed by atoms with Crippen molar-refractivity contribution < 1.29 is 19.4 Å². The first-order valence-electron chi connectivity index (χ1n) is 5.45. The molecule has 1 aliphatic rings. The lowest BCUT2D eigenvalue weighted by Crippen LogP contribution is -2.33. The molecule has 1 aliphatic carbocycles. The van der Waals surface area contributed by atoms with Crippen LogP contribution in [0.25, 0.3) is 0 Å². The third-order valence-corrected chi connectivity index (χ3v) is 3.45. The molecule has 1 aromatic heterocycles. The summed E-state index contributed by atoms with van der Waals surface area (Å²) in [6.07, 6.45) is 0.512. The molecule has 94 valence electrons. The molecular formula is C11H14BrNO4. The first kappa shape index (κ1) is 12.6. The first-order valence-corrected chi connectivity index (χ1v) is 6.24. The Hall–Kier alpha value is -0.850. The van der Waals surface area contributed by atoms with Crippen LogP contribution in [0.4, 0.5) is 0 Å². The molecule has 0 spiro atoms. The highest BCUT2D eigenvalue weighted by Gasteiger charge is 2.33. The van der Waals surface area contributed by atoms with Crippen molar-refractivity contribution in [2.24, 2.45) is 5.92 Å². The van der Waals surface area contributed by atoms with Crippen LogP contribution in [0.1, 0.15) is 23.4 Å². The summed E-state index contributed by atoms with van der Waals surface area (Å²) in [4.78, 5) is 11.7. The van der Waals surface area contributed by atoms with E-state index in [1.54, 1.807) is 12.1 Å². The van der Waals surface area contributed by atoms with E-state index in [4.69, 9.17) is 9.52 Å². The van der Waals surface area contributed by atoms with E-state index in [-0.39, 0.29) is 30.2 Å². The molecule has 0 aromatic carbocycles. The largest absolute Gasteiger partial charge is 0.444 e. The second-order valence-electron chi connectivity index (χ2n) is 4.26. The van der Waals surface area contributed by atoms with E-state index < -0.39 is 6.10 Å². The summed E-state index contributed by atoms with van der Waals surface area (Å²) in [5.74, 6) is -0.214. The maximum Gasteiger partial charge on any atom is 0.287 e. The van der Waals surface area contributed by atoms with Crippen LogP contribution in [-0.2, 0) is 0 Å². The van der Waals surface area contributed by atoms with Crippen LogP contribution in [0.3, 0.4) is 0 Å². The highest BCUT2D eigenvalue weighted by molar-refractivity contribution is 9.10. The summed E-state index contributed by atoms with van der Waals surface area (Å²) < 4.78 is 5.63. The maximum atomic E-state index is 11.7. The van der Waals surface area contributed by atoms with Gasteiger partial charge >= 0.3 is 0 Å². The van der Waals surface area contributed by atoms with E-state index >= 15 is 0 Å². The van der Waals surface area contributed by atoms with Gasteiger partial charge in [-0.25, -0.2) is 0 Å². The average Bonchev–Trinajstić information content (AvgIpc) is 2.85. The predicted molar refractivity (Wildman–Crippen MR) is 63.5 cm³/mol. The first-order chi connectivity index (χ1) is 8.10. The summed E-state index contributed by atoms with van der Waals surface area (Å²) in [5.41, 5.74) is 0. The van der Waals surface area contributed by atoms with Crippen molar-refractivity contribution in [3.63, 3.8) is 0 Å². The number of aliphatic hydroxyl groups excluding tert-OH is 2. The Morgan fingerprint density at radius 2 is 2.29 bits per heavy atom. The topological polar surface area (TPSA) is 82.7 Å². The van der Waals surface area contributed by atoms with Gasteiger partial charge in [0.25, 0.3) is 5.91 Å². The standard InChI is InChI=1S/C11H14BrNO4/c12-10-2-1-9(17-10)11(16)13-7-3-6(5-14)8(15)4-7/h1-2,6-8,14-15H,3-5H2,(H,13,16)/t6-,7+,8+/m1/s1. The minimum Gasteiger partial charge on any atom is -0.444 e. The Bertz CT molecular complexity index is 406. The second kappa shape index (κ2) is 5.20. The Morgan fingerprint density at radius 1 is 1.53 bits per heavy atom. The maximum absolute atomic E-state index is 11.7. The molecule has 0 bridgehead atoms. The monoisotopic (exact) mass is 303 g/mol. The molecule has 1 aromatic rings. The molecule has 1 amide bonds. The zero-order valence-electron chi connectivity index (χ0n) is 9.10. The molecule has 0 saturated heterocycles. The number of hydrogen-bond acceptors (Lipinski definition) is 4. The molecule has 1 saturated carbocycles. The Labute approximate surface area is 107 Å². The lowest BCUT2D eigenvalue weighted by Gasteiger charge is -2.10. The van der Waals surface area contributed by atoms with Crippen molar-refractivity contribution in [1.82, 2.24) is 5.32 Å². The number of aliphatic hydroxyl groups is 2. The second-order valence-corrected chi connectivity index (χ2v) is 5.04. The molecule has 0 aliphatic heterocycles. The normalized spacial score (nSPS) is 28.3. The van der Waals surface area contributed by atoms with E-state index in [9.17, 15) is 9.90 Å². The van der Waals surface area contributed by atoms with Crippen LogP contribution in [0.5, 0.6) is 0 Å². The van der Waals surface area contributed by atoms with Gasteiger partial charge < -0.3 is 19.9 Å². The van der Waals surface area contributed by atoms with Crippen molar-refractivity contribution in [2.75, 3.05) is 6.61 Å². The highest BCUT2D eigenvalue weighted by atomic mass is 79.9. The van der Waals surface area contributed by atoms with Crippen molar-refractivity contribution >= 4 is 21.8 Å². The Kier molecular flexibility index (Phi) is 3.86. The number of carbonyl (C=O) groups is 1. The highest BCUT2D eigenvalue weighted by Crippen LogP contribution is 2.26. The van der Waals surface area contributed by atoms with Gasteiger partial charge in [-0.2, -0.15) is 0 Å². The summed E-state index contributed by atoms with van der Waals surface area (Å²) >= 11 is 3.12. The van der Waals surface area contributed by atoms with Gasteiger partial charge in [-0.05, 0) is 40.9 Å². The summed E-state index contributed by atoms with van der Waals surface area (Å²) in [5, 5.41) is 21.4. The lowest BCUT2D eigenvalue weighted by atomic mass is 10.1. The van der Waals surface area contributed by atoms with Crippen LogP contribution in [0, 0.1) is 5.92 Å². The van der Waals surface area contributed by atoms with Gasteiger partial charge in [-0.15, -0.1) is 0 Å². The molecule has 2 rings (SSSR count). The minimum atomic E-state index is -0.548. The third-order valence-electron chi connectivity index (χ3n) is 3.02. The number of rotatable bonds is 3. The smallest absolute Gasteiger partial charge is 0.287 e. The SMILES string of the molecule is O=C(N[C@H]1C[C@H](CO)[C@@H](O)C1)c1ccc(Br)o1. The Balaban J connectivity index is 1.92. The molecule has 17 heavy (non-hydrogen) atoms. The van der Waals surface area contributed by atoms with Gasteiger partial charge in [0.05, 0.1) is 6.10 Å². The molecule has 5 nitrogen and oxygen atoms in total. The number of amides is 1. The summed E-state index contributed by atoms with van der Waals surface area (Å²) in [6.45, 7) is -0.0557. The average molecular weight is 304 g/mol. The molecule has 0 unspecified atom stereocenters. The van der Waals surface area contributed by atoms with Gasteiger partial charge in [-0.1, -0.05) is 0 Å². The molecule has 3 N–H and O–H groups in total. The molecule has 1 heterocycles. The molecule has 0 radical (unpaired) electrons. The fourth-order valence-corrected chi connectivity index (χ4v) is 2.42. The van der Waals surface area contributed by atoms with Crippen molar-refractivity contribution in [3.8, 4) is 0 Å². The number of furan rings is 1. The van der Waals surface area contributed by atoms with E-state index in [0.29, 0.717) is 17.5 Å². The minimum absolute atomic E-state index is 0.0557. The van der Waals surface area contributed by atoms with Gasteiger partial charge in [0.15, 0.2) is 10.4 Å². The van der Waals surface area contributed by atoms with Gasteiger partial charge in [0.1, 0.15) is 0 Å². The van der Waals surface area contributed by atoms with Gasteiger partial charge in [0.2, 0.25) is 0 Å². The number of nitrogens with one attached hydrogen (secondary N) is 1. The van der Waals surface area contributed by atoms with Crippen LogP contribution in [0.2, 0.25) is 0 Å². The van der Waals surface area contributed by atoms with Crippen LogP contribution in [0.15, 0.2) is 21.2 Å². The fourth-order valence-electron chi connectivity index (χ4n) is 2.11. The van der Waals surface area contributed by atoms with Crippen molar-refractivity contribution in [1.29, 1.82) is 0 Å². The van der Waals surface area contributed by atoms with Crippen molar-refractivity contribution in [2.45, 2.75) is 25.0 Å². The Morgan fingerprint density at radius 3 is 2.82 bits per heavy atom. The van der Waals surface area contributed by atoms with E-state index in [1.165, 1.54) is 0 Å². The quantitative estimate of drug-likeness (QED) is 0.775. The number of halogens is 1. The van der Waals surface area contributed by atoms with Crippen LogP contribution in [-0.4, -0.2) is 34.9 Å².